The molecule has 1 aromatic rings. The molecule has 140 valence electrons. The van der Waals surface area contributed by atoms with E-state index in [0.717, 1.165) is 17.3 Å². The minimum absolute atomic E-state index is 0.0524. The predicted molar refractivity (Wildman–Crippen MR) is 88.8 cm³/mol. The topological polar surface area (TPSA) is 90.0 Å². The molecule has 1 unspecified atom stereocenters. The van der Waals surface area contributed by atoms with Crippen LogP contribution in [0.2, 0.25) is 5.02 Å². The largest absolute Gasteiger partial charge is 0.456 e. The number of hydrogen-bond donors (Lipinski definition) is 0. The maximum atomic E-state index is 14.4. The van der Waals surface area contributed by atoms with Crippen LogP contribution in [0.1, 0.15) is 25.8 Å². The number of benzene rings is 1. The van der Waals surface area contributed by atoms with E-state index in [0.29, 0.717) is 6.42 Å². The number of carbonyl (C=O) groups excluding carboxylic acids is 2. The van der Waals surface area contributed by atoms with E-state index in [1.165, 1.54) is 19.1 Å². The highest BCUT2D eigenvalue weighted by Gasteiger charge is 2.54. The van der Waals surface area contributed by atoms with E-state index in [1.807, 2.05) is 0 Å². The summed E-state index contributed by atoms with van der Waals surface area (Å²) in [5.74, 6) is -3.68. The Morgan fingerprint density at radius 1 is 1.42 bits per heavy atom. The van der Waals surface area contributed by atoms with Crippen LogP contribution in [-0.2, 0) is 34.7 Å². The number of ether oxygens (including phenoxy) is 2. The molecule has 7 nitrogen and oxygen atoms in total. The number of esters is 1. The van der Waals surface area contributed by atoms with Crippen molar-refractivity contribution in [3.63, 3.8) is 0 Å². The van der Waals surface area contributed by atoms with Gasteiger partial charge in [-0.25, -0.2) is 17.1 Å². The summed E-state index contributed by atoms with van der Waals surface area (Å²) in [4.78, 5) is 24.4. The maximum absolute atomic E-state index is 14.4. The third-order valence-electron chi connectivity index (χ3n) is 4.15. The molecule has 0 bridgehead atoms. The van der Waals surface area contributed by atoms with Crippen LogP contribution in [0.15, 0.2) is 29.8 Å². The highest BCUT2D eigenvalue weighted by molar-refractivity contribution is 7.89. The summed E-state index contributed by atoms with van der Waals surface area (Å²) < 4.78 is 50.3. The normalized spacial score (nSPS) is 24.8. The van der Waals surface area contributed by atoms with Gasteiger partial charge in [-0.1, -0.05) is 17.7 Å². The minimum atomic E-state index is -3.74. The standard InChI is InChI=1S/C16H15ClFNO6S/c1-9(20)24-13-14(21)16(2,12-10(17)5-3-6-11(12)18)25-15(13)19-7-4-8-26(19,22)23/h3,5-6H,4,7-8H2,1-2H3. The van der Waals surface area contributed by atoms with Gasteiger partial charge >= 0.3 is 5.97 Å². The molecule has 0 saturated carbocycles. The molecular weight excluding hydrogens is 389 g/mol. The van der Waals surface area contributed by atoms with E-state index in [2.05, 4.69) is 0 Å². The van der Waals surface area contributed by atoms with Crippen LogP contribution in [0, 0.1) is 5.82 Å². The molecule has 2 aliphatic rings. The van der Waals surface area contributed by atoms with E-state index in [1.54, 1.807) is 0 Å². The molecule has 0 aromatic heterocycles. The number of hydrogen-bond acceptors (Lipinski definition) is 6. The summed E-state index contributed by atoms with van der Waals surface area (Å²) in [7, 11) is -3.74. The van der Waals surface area contributed by atoms with Gasteiger partial charge in [0, 0.05) is 13.5 Å². The van der Waals surface area contributed by atoms with Crippen molar-refractivity contribution < 1.29 is 31.9 Å². The first kappa shape index (κ1) is 18.7. The van der Waals surface area contributed by atoms with Gasteiger partial charge in [-0.15, -0.1) is 0 Å². The van der Waals surface area contributed by atoms with Gasteiger partial charge < -0.3 is 9.47 Å². The van der Waals surface area contributed by atoms with Crippen LogP contribution < -0.4 is 0 Å². The van der Waals surface area contributed by atoms with E-state index in [9.17, 15) is 22.4 Å². The SMILES string of the molecule is CC(=O)OC1=C(N2CCCS2(=O)=O)OC(C)(c2c(F)cccc2Cl)C1=O. The highest BCUT2D eigenvalue weighted by atomic mass is 35.5. The molecule has 1 saturated heterocycles. The molecule has 1 aromatic carbocycles. The van der Waals surface area contributed by atoms with Crippen molar-refractivity contribution >= 4 is 33.4 Å². The van der Waals surface area contributed by atoms with Crippen molar-refractivity contribution in [3.8, 4) is 0 Å². The van der Waals surface area contributed by atoms with Gasteiger partial charge in [-0.05, 0) is 25.5 Å². The smallest absolute Gasteiger partial charge is 0.308 e. The summed E-state index contributed by atoms with van der Waals surface area (Å²) in [6.07, 6.45) is 0.313. The minimum Gasteiger partial charge on any atom is -0.456 e. The summed E-state index contributed by atoms with van der Waals surface area (Å²) in [6, 6.07) is 3.83. The fourth-order valence-electron chi connectivity index (χ4n) is 2.98. The van der Waals surface area contributed by atoms with Gasteiger partial charge in [0.15, 0.2) is 0 Å². The fourth-order valence-corrected chi connectivity index (χ4v) is 4.82. The molecule has 10 heteroatoms. The molecule has 1 fully saturated rings. The van der Waals surface area contributed by atoms with Crippen LogP contribution in [0.4, 0.5) is 4.39 Å². The first-order valence-electron chi connectivity index (χ1n) is 7.69. The van der Waals surface area contributed by atoms with Crippen LogP contribution in [0.5, 0.6) is 0 Å². The second kappa shape index (κ2) is 6.24. The van der Waals surface area contributed by atoms with Crippen molar-refractivity contribution in [1.82, 2.24) is 4.31 Å². The highest BCUT2D eigenvalue weighted by Crippen LogP contribution is 2.45. The molecule has 0 N–H and O–H groups in total. The van der Waals surface area contributed by atoms with E-state index < -0.39 is 44.8 Å². The molecule has 0 amide bonds. The van der Waals surface area contributed by atoms with Gasteiger partial charge in [0.25, 0.3) is 11.7 Å². The lowest BCUT2D eigenvalue weighted by Gasteiger charge is -2.27. The summed E-state index contributed by atoms with van der Waals surface area (Å²) in [5.41, 5.74) is -2.23. The average Bonchev–Trinajstić information content (AvgIpc) is 2.99. The zero-order chi connectivity index (χ0) is 19.3. The van der Waals surface area contributed by atoms with Crippen LogP contribution in [0.3, 0.4) is 0 Å². The van der Waals surface area contributed by atoms with Crippen LogP contribution >= 0.6 is 11.6 Å². The lowest BCUT2D eigenvalue weighted by atomic mass is 9.91. The molecule has 3 rings (SSSR count). The van der Waals surface area contributed by atoms with Crippen molar-refractivity contribution in [1.29, 1.82) is 0 Å². The molecule has 1 atom stereocenters. The lowest BCUT2D eigenvalue weighted by Crippen LogP contribution is -2.34. The Morgan fingerprint density at radius 3 is 2.65 bits per heavy atom. The Labute approximate surface area is 154 Å². The van der Waals surface area contributed by atoms with Crippen molar-refractivity contribution in [3.05, 3.63) is 46.2 Å². The third-order valence-corrected chi connectivity index (χ3v) is 6.29. The van der Waals surface area contributed by atoms with Crippen molar-refractivity contribution in [2.24, 2.45) is 0 Å². The number of rotatable bonds is 3. The summed E-state index contributed by atoms with van der Waals surface area (Å²) in [6.45, 7) is 2.36. The molecule has 0 spiro atoms. The number of ketones is 1. The number of carbonyl (C=O) groups is 2. The molecule has 2 aliphatic heterocycles. The Hall–Kier alpha value is -2.13. The van der Waals surface area contributed by atoms with E-state index in [4.69, 9.17) is 21.1 Å². The first-order chi connectivity index (χ1) is 12.1. The molecular formula is C16H15ClFNO6S. The number of halogens is 2. The monoisotopic (exact) mass is 403 g/mol. The number of Topliss-reactive ketones (excluding diaryl/α,β-unsaturated/α-hetero) is 1. The second-order valence-corrected chi connectivity index (χ2v) is 8.45. The Kier molecular flexibility index (Phi) is 4.48. The maximum Gasteiger partial charge on any atom is 0.308 e. The molecule has 26 heavy (non-hydrogen) atoms. The van der Waals surface area contributed by atoms with Crippen molar-refractivity contribution in [2.75, 3.05) is 12.3 Å². The summed E-state index contributed by atoms with van der Waals surface area (Å²) >= 11 is 6.05. The fraction of sp³-hybridized carbons (Fsp3) is 0.375. The number of nitrogens with zero attached hydrogens (tertiary/aromatic N) is 1. The second-order valence-electron chi connectivity index (χ2n) is 6.03. The van der Waals surface area contributed by atoms with E-state index in [-0.39, 0.29) is 22.9 Å². The Bertz CT molecular complexity index is 924. The van der Waals surface area contributed by atoms with E-state index >= 15 is 0 Å². The zero-order valence-corrected chi connectivity index (χ0v) is 15.5. The van der Waals surface area contributed by atoms with Crippen LogP contribution in [-0.4, -0.2) is 36.8 Å². The van der Waals surface area contributed by atoms with Gasteiger partial charge in [-0.3, -0.25) is 9.59 Å². The molecule has 0 radical (unpaired) electrons. The van der Waals surface area contributed by atoms with Crippen molar-refractivity contribution in [2.45, 2.75) is 25.9 Å². The Morgan fingerprint density at radius 2 is 2.12 bits per heavy atom. The molecule has 2 heterocycles. The Balaban J connectivity index is 2.15. The first-order valence-corrected chi connectivity index (χ1v) is 9.68. The quantitative estimate of drug-likeness (QED) is 0.717. The van der Waals surface area contributed by atoms with Gasteiger partial charge in [0.2, 0.25) is 21.4 Å². The average molecular weight is 404 g/mol. The zero-order valence-electron chi connectivity index (χ0n) is 13.9. The predicted octanol–water partition coefficient (Wildman–Crippen LogP) is 2.06. The number of sulfonamides is 1. The van der Waals surface area contributed by atoms with Crippen LogP contribution in [0.25, 0.3) is 0 Å². The lowest BCUT2D eigenvalue weighted by molar-refractivity contribution is -0.142. The third kappa shape index (κ3) is 2.84. The van der Waals surface area contributed by atoms with Gasteiger partial charge in [-0.2, -0.15) is 0 Å². The molecule has 0 aliphatic carbocycles. The van der Waals surface area contributed by atoms with Gasteiger partial charge in [0.05, 0.1) is 16.3 Å². The van der Waals surface area contributed by atoms with Gasteiger partial charge in [0.1, 0.15) is 5.82 Å². The summed E-state index contributed by atoms with van der Waals surface area (Å²) in [5, 5.41) is -0.0754.